The molecule has 1 rings (SSSR count). The topological polar surface area (TPSA) is 96.8 Å². The zero-order chi connectivity index (χ0) is 13.7. The summed E-state index contributed by atoms with van der Waals surface area (Å²) in [6.45, 7) is 0. The quantitative estimate of drug-likeness (QED) is 0.363. The van der Waals surface area contributed by atoms with Crippen LogP contribution in [0.4, 0.5) is 11.4 Å². The zero-order valence-corrected chi connectivity index (χ0v) is 10.8. The van der Waals surface area contributed by atoms with E-state index in [2.05, 4.69) is 22.7 Å². The Hall–Kier alpha value is -2.22. The Balaban J connectivity index is 3.04. The van der Waals surface area contributed by atoms with Gasteiger partial charge in [-0.2, -0.15) is 5.10 Å². The Kier molecular flexibility index (Phi) is 4.55. The molecule has 0 saturated carbocycles. The Morgan fingerprint density at radius 3 is 2.78 bits per heavy atom. The Morgan fingerprint density at radius 2 is 2.28 bits per heavy atom. The van der Waals surface area contributed by atoms with Crippen LogP contribution in [0.15, 0.2) is 23.3 Å². The molecule has 0 aromatic heterocycles. The van der Waals surface area contributed by atoms with Gasteiger partial charge < -0.3 is 10.6 Å². The van der Waals surface area contributed by atoms with Gasteiger partial charge in [0.25, 0.3) is 5.69 Å². The average Bonchev–Trinajstić information content (AvgIpc) is 2.28. The van der Waals surface area contributed by atoms with E-state index in [1.807, 2.05) is 0 Å². The van der Waals surface area contributed by atoms with Gasteiger partial charge in [0, 0.05) is 25.7 Å². The molecular weight excluding hydrogens is 254 g/mol. The fourth-order valence-electron chi connectivity index (χ4n) is 1.32. The molecule has 8 heteroatoms. The molecule has 0 spiro atoms. The highest BCUT2D eigenvalue weighted by Crippen LogP contribution is 2.26. The van der Waals surface area contributed by atoms with Crippen molar-refractivity contribution in [2.45, 2.75) is 0 Å². The Morgan fingerprint density at radius 1 is 1.61 bits per heavy atom. The van der Waals surface area contributed by atoms with Crippen LogP contribution in [-0.2, 0) is 0 Å². The number of hydrogen-bond acceptors (Lipinski definition) is 5. The van der Waals surface area contributed by atoms with Crippen molar-refractivity contribution in [1.29, 1.82) is 0 Å². The molecule has 7 nitrogen and oxygen atoms in total. The van der Waals surface area contributed by atoms with Crippen molar-refractivity contribution in [3.8, 4) is 0 Å². The number of rotatable bonds is 4. The lowest BCUT2D eigenvalue weighted by Crippen LogP contribution is -2.24. The summed E-state index contributed by atoms with van der Waals surface area (Å²) in [5.41, 5.74) is 8.69. The van der Waals surface area contributed by atoms with Gasteiger partial charge in [0.05, 0.1) is 11.1 Å². The van der Waals surface area contributed by atoms with Crippen LogP contribution in [0.25, 0.3) is 0 Å². The molecule has 0 heterocycles. The van der Waals surface area contributed by atoms with Gasteiger partial charge in [-0.05, 0) is 18.3 Å². The number of thiocarbonyl (C=S) groups is 1. The molecule has 0 amide bonds. The van der Waals surface area contributed by atoms with E-state index < -0.39 is 4.92 Å². The number of nitro groups is 1. The fraction of sp³-hybridized carbons (Fsp3) is 0.200. The maximum Gasteiger partial charge on any atom is 0.293 e. The van der Waals surface area contributed by atoms with Gasteiger partial charge in [-0.15, -0.1) is 0 Å². The van der Waals surface area contributed by atoms with Crippen molar-refractivity contribution in [2.24, 2.45) is 10.8 Å². The molecule has 0 bridgehead atoms. The molecular formula is C10H13N5O2S. The lowest BCUT2D eigenvalue weighted by atomic mass is 10.2. The number of nitrogens with one attached hydrogen (secondary N) is 1. The largest absolute Gasteiger partial charge is 0.375 e. The van der Waals surface area contributed by atoms with Gasteiger partial charge in [0.15, 0.2) is 5.11 Å². The van der Waals surface area contributed by atoms with E-state index in [4.69, 9.17) is 5.73 Å². The monoisotopic (exact) mass is 267 g/mol. The van der Waals surface area contributed by atoms with Crippen LogP contribution in [0.5, 0.6) is 0 Å². The summed E-state index contributed by atoms with van der Waals surface area (Å²) < 4.78 is 0. The van der Waals surface area contributed by atoms with Crippen LogP contribution >= 0.6 is 12.2 Å². The third-order valence-corrected chi connectivity index (χ3v) is 2.16. The van der Waals surface area contributed by atoms with Crippen LogP contribution in [0.1, 0.15) is 5.56 Å². The van der Waals surface area contributed by atoms with E-state index in [-0.39, 0.29) is 10.8 Å². The lowest BCUT2D eigenvalue weighted by molar-refractivity contribution is -0.384. The van der Waals surface area contributed by atoms with Gasteiger partial charge in [-0.3, -0.25) is 15.5 Å². The Bertz CT molecular complexity index is 501. The van der Waals surface area contributed by atoms with Crippen molar-refractivity contribution < 1.29 is 4.92 Å². The van der Waals surface area contributed by atoms with E-state index in [1.165, 1.54) is 12.3 Å². The molecule has 0 aliphatic carbocycles. The van der Waals surface area contributed by atoms with E-state index in [0.29, 0.717) is 11.3 Å². The molecule has 0 saturated heterocycles. The minimum atomic E-state index is -0.437. The Labute approximate surface area is 109 Å². The fourth-order valence-corrected chi connectivity index (χ4v) is 1.37. The van der Waals surface area contributed by atoms with Crippen molar-refractivity contribution in [1.82, 2.24) is 5.43 Å². The van der Waals surface area contributed by atoms with Gasteiger partial charge in [0.1, 0.15) is 5.69 Å². The first-order valence-corrected chi connectivity index (χ1v) is 5.37. The van der Waals surface area contributed by atoms with Crippen molar-refractivity contribution in [3.05, 3.63) is 33.9 Å². The number of anilines is 1. The van der Waals surface area contributed by atoms with Gasteiger partial charge >= 0.3 is 0 Å². The molecule has 0 aliphatic heterocycles. The second kappa shape index (κ2) is 5.92. The lowest BCUT2D eigenvalue weighted by Gasteiger charge is -2.12. The predicted octanol–water partition coefficient (Wildman–Crippen LogP) is 0.828. The molecule has 0 aliphatic rings. The van der Waals surface area contributed by atoms with Gasteiger partial charge in [-0.25, -0.2) is 0 Å². The molecule has 1 aromatic rings. The van der Waals surface area contributed by atoms with Crippen LogP contribution in [0, 0.1) is 10.1 Å². The molecule has 0 atom stereocenters. The summed E-state index contributed by atoms with van der Waals surface area (Å²) in [4.78, 5) is 12.2. The third kappa shape index (κ3) is 3.67. The van der Waals surface area contributed by atoms with Crippen LogP contribution in [-0.4, -0.2) is 30.3 Å². The van der Waals surface area contributed by atoms with E-state index >= 15 is 0 Å². The highest BCUT2D eigenvalue weighted by Gasteiger charge is 2.15. The first-order chi connectivity index (χ1) is 8.41. The van der Waals surface area contributed by atoms with E-state index in [0.717, 1.165) is 0 Å². The summed E-state index contributed by atoms with van der Waals surface area (Å²) in [5.74, 6) is 0. The first-order valence-electron chi connectivity index (χ1n) is 4.96. The van der Waals surface area contributed by atoms with Gasteiger partial charge in [-0.1, -0.05) is 6.07 Å². The van der Waals surface area contributed by atoms with Crippen LogP contribution < -0.4 is 16.1 Å². The first kappa shape index (κ1) is 13.8. The minimum absolute atomic E-state index is 0.0132. The molecule has 0 unspecified atom stereocenters. The van der Waals surface area contributed by atoms with Crippen LogP contribution in [0.3, 0.4) is 0 Å². The van der Waals surface area contributed by atoms with Crippen molar-refractivity contribution in [2.75, 3.05) is 19.0 Å². The minimum Gasteiger partial charge on any atom is -0.375 e. The summed E-state index contributed by atoms with van der Waals surface area (Å²) >= 11 is 4.57. The molecule has 96 valence electrons. The molecule has 18 heavy (non-hydrogen) atoms. The maximum atomic E-state index is 10.9. The number of nitro benzene ring substituents is 1. The predicted molar refractivity (Wildman–Crippen MR) is 74.9 cm³/mol. The number of nitrogens with zero attached hydrogens (tertiary/aromatic N) is 3. The third-order valence-electron chi connectivity index (χ3n) is 2.07. The molecule has 0 radical (unpaired) electrons. The maximum absolute atomic E-state index is 10.9. The van der Waals surface area contributed by atoms with E-state index in [1.54, 1.807) is 31.1 Å². The number of nitrogens with two attached hydrogens (primary N) is 1. The standard InChI is InChI=1S/C10H13N5O2S/c1-14(2)8-4-3-7(5-9(8)15(16)17)6-12-13-10(11)18/h3-6H,1-2H3,(H3,11,13,18). The zero-order valence-electron chi connectivity index (χ0n) is 9.95. The smallest absolute Gasteiger partial charge is 0.293 e. The summed E-state index contributed by atoms with van der Waals surface area (Å²) in [6, 6.07) is 4.80. The molecule has 3 N–H and O–H groups in total. The number of hydrogen-bond donors (Lipinski definition) is 2. The second-order valence-corrected chi connectivity index (χ2v) is 4.07. The van der Waals surface area contributed by atoms with Gasteiger partial charge in [0.2, 0.25) is 0 Å². The second-order valence-electron chi connectivity index (χ2n) is 3.63. The summed E-state index contributed by atoms with van der Waals surface area (Å²) in [7, 11) is 3.48. The van der Waals surface area contributed by atoms with Crippen LogP contribution in [0.2, 0.25) is 0 Å². The molecule has 1 aromatic carbocycles. The van der Waals surface area contributed by atoms with Crippen molar-refractivity contribution >= 4 is 34.9 Å². The summed E-state index contributed by atoms with van der Waals surface area (Å²) in [6.07, 6.45) is 1.41. The normalized spacial score (nSPS) is 10.3. The van der Waals surface area contributed by atoms with Crippen molar-refractivity contribution in [3.63, 3.8) is 0 Å². The number of benzene rings is 1. The molecule has 0 fully saturated rings. The SMILES string of the molecule is CN(C)c1ccc(C=NNC(N)=S)cc1[N+](=O)[O-]. The summed E-state index contributed by atoms with van der Waals surface area (Å²) in [5, 5.41) is 14.7. The highest BCUT2D eigenvalue weighted by molar-refractivity contribution is 7.80. The van der Waals surface area contributed by atoms with E-state index in [9.17, 15) is 10.1 Å². The average molecular weight is 267 g/mol. The number of hydrazone groups is 1. The highest BCUT2D eigenvalue weighted by atomic mass is 32.1.